The fourth-order valence-corrected chi connectivity index (χ4v) is 0.765. The van der Waals surface area contributed by atoms with E-state index < -0.39 is 0 Å². The molecule has 15 heavy (non-hydrogen) atoms. The van der Waals surface area contributed by atoms with Gasteiger partial charge in [0.05, 0.1) is 12.9 Å². The number of hydrogen-bond donors (Lipinski definition) is 1. The third kappa shape index (κ3) is 7.52. The van der Waals surface area contributed by atoms with E-state index in [2.05, 4.69) is 19.7 Å². The molecule has 0 aromatic heterocycles. The fraction of sp³-hybridized carbons (Fsp3) is 0.364. The fourth-order valence-electron chi connectivity index (χ4n) is 0.765. The molecule has 0 aromatic rings. The van der Waals surface area contributed by atoms with Crippen LogP contribution in [0.25, 0.3) is 0 Å². The summed E-state index contributed by atoms with van der Waals surface area (Å²) in [6.45, 7) is 11.4. The van der Waals surface area contributed by atoms with Crippen molar-refractivity contribution in [2.24, 2.45) is 0 Å². The monoisotopic (exact) mass is 211 g/mol. The van der Waals surface area contributed by atoms with Gasteiger partial charge in [-0.2, -0.15) is 0 Å². The first-order valence-corrected chi connectivity index (χ1v) is 4.53. The van der Waals surface area contributed by atoms with E-state index in [0.29, 0.717) is 13.2 Å². The highest BCUT2D eigenvalue weighted by Crippen LogP contribution is 1.97. The van der Waals surface area contributed by atoms with Gasteiger partial charge in [0, 0.05) is 0 Å². The summed E-state index contributed by atoms with van der Waals surface area (Å²) in [4.78, 5) is 0. The summed E-state index contributed by atoms with van der Waals surface area (Å²) in [5.74, 6) is 0.0146. The van der Waals surface area contributed by atoms with Crippen LogP contribution in [-0.2, 0) is 14.2 Å². The van der Waals surface area contributed by atoms with Crippen LogP contribution in [0.3, 0.4) is 0 Å². The molecular formula is C11H17NO3. The van der Waals surface area contributed by atoms with Gasteiger partial charge in [-0.15, -0.1) is 6.58 Å². The molecule has 0 saturated carbocycles. The Bertz CT molecular complexity index is 214. The Hall–Kier alpha value is -1.55. The van der Waals surface area contributed by atoms with E-state index in [9.17, 15) is 0 Å². The van der Waals surface area contributed by atoms with E-state index in [0.717, 1.165) is 0 Å². The molecule has 0 aliphatic carbocycles. The van der Waals surface area contributed by atoms with Gasteiger partial charge in [-0.1, -0.05) is 19.2 Å². The Morgan fingerprint density at radius 2 is 2.00 bits per heavy atom. The van der Waals surface area contributed by atoms with E-state index in [-0.39, 0.29) is 18.6 Å². The molecule has 0 heterocycles. The molecule has 0 spiro atoms. The van der Waals surface area contributed by atoms with Crippen LogP contribution in [0.4, 0.5) is 0 Å². The van der Waals surface area contributed by atoms with Gasteiger partial charge < -0.3 is 14.2 Å². The van der Waals surface area contributed by atoms with Crippen molar-refractivity contribution < 1.29 is 14.2 Å². The molecular weight excluding hydrogens is 194 g/mol. The normalized spacial score (nSPS) is 11.2. The van der Waals surface area contributed by atoms with Crippen molar-refractivity contribution in [1.82, 2.24) is 0 Å². The third-order valence-electron chi connectivity index (χ3n) is 1.46. The first kappa shape index (κ1) is 13.4. The highest BCUT2D eigenvalue weighted by molar-refractivity contribution is 5.83. The van der Waals surface area contributed by atoms with Crippen LogP contribution >= 0.6 is 0 Å². The zero-order valence-electron chi connectivity index (χ0n) is 8.78. The van der Waals surface area contributed by atoms with Crippen LogP contribution in [0.1, 0.15) is 0 Å². The van der Waals surface area contributed by atoms with Crippen molar-refractivity contribution >= 4 is 5.90 Å². The predicted molar refractivity (Wildman–Crippen MR) is 60.0 cm³/mol. The zero-order valence-corrected chi connectivity index (χ0v) is 8.78. The average molecular weight is 211 g/mol. The minimum Gasteiger partial charge on any atom is -0.499 e. The summed E-state index contributed by atoms with van der Waals surface area (Å²) >= 11 is 0. The van der Waals surface area contributed by atoms with Gasteiger partial charge in [0.15, 0.2) is 0 Å². The van der Waals surface area contributed by atoms with E-state index >= 15 is 0 Å². The maximum absolute atomic E-state index is 7.21. The second kappa shape index (κ2) is 9.02. The molecule has 0 aliphatic heterocycles. The van der Waals surface area contributed by atoms with Crippen molar-refractivity contribution in [3.05, 3.63) is 38.2 Å². The molecule has 0 aromatic carbocycles. The standard InChI is InChI=1S/C11H17NO3/c1-4-7-14-10(8-13-6-3)9-15-11(12)5-2/h4-6,10,12H,1-3,7-9H2. The highest BCUT2D eigenvalue weighted by Gasteiger charge is 2.09. The molecule has 1 N–H and O–H groups in total. The van der Waals surface area contributed by atoms with Crippen molar-refractivity contribution in [3.8, 4) is 0 Å². The maximum Gasteiger partial charge on any atom is 0.205 e. The summed E-state index contributed by atoms with van der Waals surface area (Å²) in [6, 6.07) is 0. The van der Waals surface area contributed by atoms with Crippen molar-refractivity contribution in [2.45, 2.75) is 6.10 Å². The van der Waals surface area contributed by atoms with Crippen LogP contribution in [0.2, 0.25) is 0 Å². The third-order valence-corrected chi connectivity index (χ3v) is 1.46. The Morgan fingerprint density at radius 3 is 2.53 bits per heavy atom. The lowest BCUT2D eigenvalue weighted by Gasteiger charge is -2.16. The van der Waals surface area contributed by atoms with Gasteiger partial charge in [0.1, 0.15) is 19.3 Å². The van der Waals surface area contributed by atoms with Gasteiger partial charge >= 0.3 is 0 Å². The summed E-state index contributed by atoms with van der Waals surface area (Å²) < 4.78 is 15.4. The Kier molecular flexibility index (Phi) is 8.09. The lowest BCUT2D eigenvalue weighted by molar-refractivity contribution is -0.00747. The van der Waals surface area contributed by atoms with E-state index in [4.69, 9.17) is 19.6 Å². The number of ether oxygens (including phenoxy) is 3. The summed E-state index contributed by atoms with van der Waals surface area (Å²) in [5, 5.41) is 7.21. The Labute approximate surface area is 90.3 Å². The molecule has 0 amide bonds. The number of hydrogen-bond acceptors (Lipinski definition) is 4. The molecule has 0 fully saturated rings. The second-order valence-corrected chi connectivity index (χ2v) is 2.62. The minimum absolute atomic E-state index is 0.0146. The molecule has 0 saturated heterocycles. The molecule has 4 nitrogen and oxygen atoms in total. The highest BCUT2D eigenvalue weighted by atomic mass is 16.6. The lowest BCUT2D eigenvalue weighted by atomic mass is 10.4. The van der Waals surface area contributed by atoms with Crippen LogP contribution in [-0.4, -0.2) is 31.8 Å². The Balaban J connectivity index is 3.86. The minimum atomic E-state index is -0.249. The molecule has 0 bridgehead atoms. The van der Waals surface area contributed by atoms with Gasteiger partial charge in [-0.25, -0.2) is 0 Å². The van der Waals surface area contributed by atoms with Crippen LogP contribution < -0.4 is 0 Å². The average Bonchev–Trinajstić information content (AvgIpc) is 2.27. The molecule has 0 radical (unpaired) electrons. The second-order valence-electron chi connectivity index (χ2n) is 2.62. The van der Waals surface area contributed by atoms with Crippen molar-refractivity contribution in [2.75, 3.05) is 19.8 Å². The smallest absolute Gasteiger partial charge is 0.205 e. The van der Waals surface area contributed by atoms with Crippen LogP contribution in [0, 0.1) is 5.41 Å². The molecule has 84 valence electrons. The largest absolute Gasteiger partial charge is 0.499 e. The van der Waals surface area contributed by atoms with Gasteiger partial charge in [0.25, 0.3) is 0 Å². The molecule has 0 aliphatic rings. The van der Waals surface area contributed by atoms with E-state index in [1.165, 1.54) is 12.3 Å². The van der Waals surface area contributed by atoms with E-state index in [1.54, 1.807) is 6.08 Å². The lowest BCUT2D eigenvalue weighted by Crippen LogP contribution is -2.26. The van der Waals surface area contributed by atoms with E-state index in [1.807, 2.05) is 0 Å². The van der Waals surface area contributed by atoms with Gasteiger partial charge in [-0.05, 0) is 6.08 Å². The van der Waals surface area contributed by atoms with Gasteiger partial charge in [-0.3, -0.25) is 5.41 Å². The molecule has 1 atom stereocenters. The zero-order chi connectivity index (χ0) is 11.5. The molecule has 4 heteroatoms. The SMILES string of the molecule is C=CCOC(COC=C)COC(=N)C=C. The van der Waals surface area contributed by atoms with Gasteiger partial charge in [0.2, 0.25) is 5.90 Å². The summed E-state index contributed by atoms with van der Waals surface area (Å²) in [7, 11) is 0. The van der Waals surface area contributed by atoms with Crippen molar-refractivity contribution in [1.29, 1.82) is 5.41 Å². The molecule has 1 unspecified atom stereocenters. The number of nitrogens with one attached hydrogen (secondary N) is 1. The first-order valence-electron chi connectivity index (χ1n) is 4.53. The number of rotatable bonds is 9. The summed E-state index contributed by atoms with van der Waals surface area (Å²) in [5.41, 5.74) is 0. The maximum atomic E-state index is 7.21. The van der Waals surface area contributed by atoms with Crippen LogP contribution in [0.5, 0.6) is 0 Å². The summed E-state index contributed by atoms with van der Waals surface area (Å²) in [6.07, 6.45) is 4.04. The first-order chi connectivity index (χ1) is 7.24. The Morgan fingerprint density at radius 1 is 1.27 bits per heavy atom. The topological polar surface area (TPSA) is 51.5 Å². The van der Waals surface area contributed by atoms with Crippen molar-refractivity contribution in [3.63, 3.8) is 0 Å². The predicted octanol–water partition coefficient (Wildman–Crippen LogP) is 1.90. The van der Waals surface area contributed by atoms with Crippen LogP contribution in [0.15, 0.2) is 38.2 Å². The quantitative estimate of drug-likeness (QED) is 0.274. The molecule has 0 rings (SSSR count).